The van der Waals surface area contributed by atoms with Crippen molar-refractivity contribution in [1.82, 2.24) is 0 Å². The van der Waals surface area contributed by atoms with Crippen LogP contribution in [0.1, 0.15) is 34.8 Å². The van der Waals surface area contributed by atoms with Gasteiger partial charge < -0.3 is 4.74 Å². The van der Waals surface area contributed by atoms with Crippen molar-refractivity contribution >= 4 is 11.8 Å². The van der Waals surface area contributed by atoms with E-state index in [0.29, 0.717) is 19.4 Å². The first-order chi connectivity index (χ1) is 8.22. The van der Waals surface area contributed by atoms with Crippen molar-refractivity contribution < 1.29 is 14.3 Å². The quantitative estimate of drug-likeness (QED) is 0.543. The van der Waals surface area contributed by atoms with Crippen LogP contribution in [0.3, 0.4) is 0 Å². The maximum atomic E-state index is 11.5. The Morgan fingerprint density at radius 2 is 2.24 bits per heavy atom. The first-order valence-electron chi connectivity index (χ1n) is 5.56. The first-order valence-corrected chi connectivity index (χ1v) is 5.56. The van der Waals surface area contributed by atoms with E-state index in [9.17, 15) is 9.59 Å². The summed E-state index contributed by atoms with van der Waals surface area (Å²) in [6, 6.07) is 5.42. The zero-order valence-electron chi connectivity index (χ0n) is 9.58. The van der Waals surface area contributed by atoms with E-state index in [1.807, 2.05) is 6.07 Å². The summed E-state index contributed by atoms with van der Waals surface area (Å²) in [5, 5.41) is 0. The standard InChI is InChI=1S/C14H12O3/c1-2-17-14(16)9-6-10-4-3-5-12-11(10)7-8-13(12)15/h3-5H,2,7-8H2,1H3. The number of hydrogen-bond donors (Lipinski definition) is 0. The molecule has 0 atom stereocenters. The van der Waals surface area contributed by atoms with E-state index < -0.39 is 5.97 Å². The Labute approximate surface area is 99.8 Å². The second-order valence-electron chi connectivity index (χ2n) is 3.73. The predicted octanol–water partition coefficient (Wildman–Crippen LogP) is 1.73. The fourth-order valence-electron chi connectivity index (χ4n) is 1.89. The van der Waals surface area contributed by atoms with Crippen LogP contribution in [0.4, 0.5) is 0 Å². The summed E-state index contributed by atoms with van der Waals surface area (Å²) >= 11 is 0. The molecule has 0 amide bonds. The SMILES string of the molecule is CCOC(=O)C#Cc1cccc2c1CCC2=O. The molecular weight excluding hydrogens is 216 g/mol. The Bertz CT molecular complexity index is 532. The van der Waals surface area contributed by atoms with Gasteiger partial charge in [0.25, 0.3) is 0 Å². The lowest BCUT2D eigenvalue weighted by Gasteiger charge is -1.99. The molecule has 0 aliphatic heterocycles. The van der Waals surface area contributed by atoms with Gasteiger partial charge in [0, 0.05) is 23.5 Å². The number of rotatable bonds is 1. The molecule has 0 saturated heterocycles. The van der Waals surface area contributed by atoms with Crippen LogP contribution in [0.2, 0.25) is 0 Å². The smallest absolute Gasteiger partial charge is 0.384 e. The summed E-state index contributed by atoms with van der Waals surface area (Å²) < 4.78 is 4.72. The average molecular weight is 228 g/mol. The van der Waals surface area contributed by atoms with Crippen molar-refractivity contribution in [3.8, 4) is 11.8 Å². The van der Waals surface area contributed by atoms with Crippen molar-refractivity contribution in [1.29, 1.82) is 0 Å². The third kappa shape index (κ3) is 2.36. The molecule has 17 heavy (non-hydrogen) atoms. The monoisotopic (exact) mass is 228 g/mol. The Morgan fingerprint density at radius 1 is 1.41 bits per heavy atom. The molecule has 0 bridgehead atoms. The molecule has 2 rings (SSSR count). The molecule has 0 heterocycles. The summed E-state index contributed by atoms with van der Waals surface area (Å²) in [6.07, 6.45) is 1.25. The topological polar surface area (TPSA) is 43.4 Å². The molecule has 0 fully saturated rings. The Hall–Kier alpha value is -2.08. The molecule has 1 aliphatic carbocycles. The Morgan fingerprint density at radius 3 is 3.00 bits per heavy atom. The zero-order chi connectivity index (χ0) is 12.3. The van der Waals surface area contributed by atoms with E-state index in [4.69, 9.17) is 4.74 Å². The van der Waals surface area contributed by atoms with Crippen LogP contribution in [0.5, 0.6) is 0 Å². The number of Topliss-reactive ketones (excluding diaryl/α,β-unsaturated/α-hetero) is 1. The fourth-order valence-corrected chi connectivity index (χ4v) is 1.89. The van der Waals surface area contributed by atoms with Crippen LogP contribution in [0.15, 0.2) is 18.2 Å². The van der Waals surface area contributed by atoms with E-state index in [2.05, 4.69) is 11.8 Å². The van der Waals surface area contributed by atoms with Crippen LogP contribution >= 0.6 is 0 Å². The molecule has 0 spiro atoms. The number of carbonyl (C=O) groups is 2. The molecule has 0 unspecified atom stereocenters. The minimum Gasteiger partial charge on any atom is -0.456 e. The van der Waals surface area contributed by atoms with Crippen LogP contribution < -0.4 is 0 Å². The summed E-state index contributed by atoms with van der Waals surface area (Å²) in [6.45, 7) is 2.05. The third-order valence-corrected chi connectivity index (χ3v) is 2.65. The van der Waals surface area contributed by atoms with Gasteiger partial charge >= 0.3 is 5.97 Å². The minimum absolute atomic E-state index is 0.153. The van der Waals surface area contributed by atoms with Gasteiger partial charge in [-0.15, -0.1) is 0 Å². The van der Waals surface area contributed by atoms with Crippen molar-refractivity contribution in [2.45, 2.75) is 19.8 Å². The normalized spacial score (nSPS) is 12.6. The number of hydrogen-bond acceptors (Lipinski definition) is 3. The number of carbonyl (C=O) groups excluding carboxylic acids is 2. The van der Waals surface area contributed by atoms with E-state index in [1.165, 1.54) is 0 Å². The molecule has 0 saturated carbocycles. The van der Waals surface area contributed by atoms with E-state index >= 15 is 0 Å². The molecule has 1 aliphatic rings. The number of benzene rings is 1. The average Bonchev–Trinajstić information content (AvgIpc) is 2.70. The Balaban J connectivity index is 2.29. The summed E-state index contributed by atoms with van der Waals surface area (Å²) in [5.41, 5.74) is 2.44. The lowest BCUT2D eigenvalue weighted by atomic mass is 10.0. The van der Waals surface area contributed by atoms with Crippen molar-refractivity contribution in [3.05, 3.63) is 34.9 Å². The zero-order valence-corrected chi connectivity index (χ0v) is 9.58. The fraction of sp³-hybridized carbons (Fsp3) is 0.286. The van der Waals surface area contributed by atoms with Gasteiger partial charge in [0.05, 0.1) is 6.61 Å². The maximum Gasteiger partial charge on any atom is 0.384 e. The molecular formula is C14H12O3. The molecule has 0 aromatic heterocycles. The van der Waals surface area contributed by atoms with E-state index in [-0.39, 0.29) is 5.78 Å². The first kappa shape index (κ1) is 11.4. The van der Waals surface area contributed by atoms with Gasteiger partial charge in [-0.3, -0.25) is 4.79 Å². The van der Waals surface area contributed by atoms with Crippen molar-refractivity contribution in [3.63, 3.8) is 0 Å². The highest BCUT2D eigenvalue weighted by molar-refractivity contribution is 6.01. The predicted molar refractivity (Wildman–Crippen MR) is 62.6 cm³/mol. The van der Waals surface area contributed by atoms with E-state index in [0.717, 1.165) is 16.7 Å². The number of esters is 1. The third-order valence-electron chi connectivity index (χ3n) is 2.65. The largest absolute Gasteiger partial charge is 0.456 e. The van der Waals surface area contributed by atoms with Gasteiger partial charge in [-0.25, -0.2) is 4.79 Å². The maximum absolute atomic E-state index is 11.5. The van der Waals surface area contributed by atoms with Crippen LogP contribution in [-0.2, 0) is 16.0 Å². The second-order valence-corrected chi connectivity index (χ2v) is 3.73. The molecule has 1 aromatic rings. The molecule has 3 nitrogen and oxygen atoms in total. The summed E-state index contributed by atoms with van der Waals surface area (Å²) in [4.78, 5) is 22.6. The van der Waals surface area contributed by atoms with E-state index in [1.54, 1.807) is 19.1 Å². The van der Waals surface area contributed by atoms with Gasteiger partial charge in [-0.1, -0.05) is 18.1 Å². The van der Waals surface area contributed by atoms with Gasteiger partial charge in [0.15, 0.2) is 5.78 Å². The van der Waals surface area contributed by atoms with Crippen LogP contribution in [0, 0.1) is 11.8 Å². The summed E-state index contributed by atoms with van der Waals surface area (Å²) in [5.74, 6) is 4.81. The molecule has 86 valence electrons. The molecule has 0 N–H and O–H groups in total. The number of ether oxygens (including phenoxy) is 1. The summed E-state index contributed by atoms with van der Waals surface area (Å²) in [7, 11) is 0. The number of ketones is 1. The Kier molecular flexibility index (Phi) is 3.24. The van der Waals surface area contributed by atoms with Crippen LogP contribution in [-0.4, -0.2) is 18.4 Å². The van der Waals surface area contributed by atoms with Crippen molar-refractivity contribution in [2.24, 2.45) is 0 Å². The van der Waals surface area contributed by atoms with Gasteiger partial charge in [0.2, 0.25) is 0 Å². The van der Waals surface area contributed by atoms with Crippen LogP contribution in [0.25, 0.3) is 0 Å². The molecule has 1 aromatic carbocycles. The lowest BCUT2D eigenvalue weighted by Crippen LogP contribution is -2.00. The second kappa shape index (κ2) is 4.84. The molecule has 3 heteroatoms. The minimum atomic E-state index is -0.533. The van der Waals surface area contributed by atoms with Gasteiger partial charge in [0.1, 0.15) is 0 Å². The highest BCUT2D eigenvalue weighted by Gasteiger charge is 2.20. The van der Waals surface area contributed by atoms with Gasteiger partial charge in [-0.2, -0.15) is 0 Å². The number of fused-ring (bicyclic) bond motifs is 1. The van der Waals surface area contributed by atoms with Crippen molar-refractivity contribution in [2.75, 3.05) is 6.61 Å². The molecule has 0 radical (unpaired) electrons. The highest BCUT2D eigenvalue weighted by atomic mass is 16.5. The lowest BCUT2D eigenvalue weighted by molar-refractivity contribution is -0.136. The van der Waals surface area contributed by atoms with Gasteiger partial charge in [-0.05, 0) is 25.0 Å². The highest BCUT2D eigenvalue weighted by Crippen LogP contribution is 2.24.